The van der Waals surface area contributed by atoms with Gasteiger partial charge in [-0.1, -0.05) is 35.9 Å². The molecule has 88 valence electrons. The van der Waals surface area contributed by atoms with E-state index in [4.69, 9.17) is 23.2 Å². The third kappa shape index (κ3) is 2.80. The van der Waals surface area contributed by atoms with Crippen LogP contribution in [-0.2, 0) is 0 Å². The van der Waals surface area contributed by atoms with Crippen LogP contribution in [0.1, 0.15) is 22.1 Å². The monoisotopic (exact) mass is 268 g/mol. The second-order valence-corrected chi connectivity index (χ2v) is 4.78. The fraction of sp³-hybridized carbons (Fsp3) is 0.143. The van der Waals surface area contributed by atoms with Gasteiger partial charge in [-0.15, -0.1) is 11.6 Å². The molecule has 0 aliphatic heterocycles. The predicted octanol–water partition coefficient (Wildman–Crippen LogP) is 5.12. The number of hydrogen-bond donors (Lipinski definition) is 0. The van der Waals surface area contributed by atoms with E-state index in [2.05, 4.69) is 0 Å². The topological polar surface area (TPSA) is 0 Å². The molecule has 0 nitrogen and oxygen atoms in total. The van der Waals surface area contributed by atoms with Crippen molar-refractivity contribution in [2.75, 3.05) is 0 Å². The molecule has 1 unspecified atom stereocenters. The Morgan fingerprint density at radius 3 is 2.29 bits per heavy atom. The summed E-state index contributed by atoms with van der Waals surface area (Å²) in [6.45, 7) is 1.97. The number of aryl methyl sites for hydroxylation is 1. The molecule has 2 aromatic carbocycles. The van der Waals surface area contributed by atoms with E-state index in [0.717, 1.165) is 16.7 Å². The molecular weight excluding hydrogens is 258 g/mol. The van der Waals surface area contributed by atoms with Gasteiger partial charge in [-0.2, -0.15) is 0 Å². The van der Waals surface area contributed by atoms with Gasteiger partial charge in [-0.3, -0.25) is 0 Å². The van der Waals surface area contributed by atoms with E-state index in [1.807, 2.05) is 25.1 Å². The zero-order chi connectivity index (χ0) is 12.4. The van der Waals surface area contributed by atoms with Crippen LogP contribution >= 0.6 is 23.2 Å². The highest BCUT2D eigenvalue weighted by atomic mass is 35.5. The van der Waals surface area contributed by atoms with Gasteiger partial charge in [0.05, 0.1) is 5.38 Å². The fourth-order valence-corrected chi connectivity index (χ4v) is 2.38. The molecule has 0 spiro atoms. The van der Waals surface area contributed by atoms with E-state index in [0.29, 0.717) is 5.02 Å². The summed E-state index contributed by atoms with van der Waals surface area (Å²) in [5, 5.41) is 0.276. The minimum atomic E-state index is -0.358. The summed E-state index contributed by atoms with van der Waals surface area (Å²) in [6, 6.07) is 11.9. The third-order valence-corrected chi connectivity index (χ3v) is 3.41. The van der Waals surface area contributed by atoms with Crippen LogP contribution in [0.5, 0.6) is 0 Å². The molecule has 0 heterocycles. The molecule has 0 saturated heterocycles. The van der Waals surface area contributed by atoms with Crippen LogP contribution in [-0.4, -0.2) is 0 Å². The minimum Gasteiger partial charge on any atom is -0.207 e. The van der Waals surface area contributed by atoms with Crippen LogP contribution < -0.4 is 0 Å². The Balaban J connectivity index is 2.36. The van der Waals surface area contributed by atoms with E-state index in [1.165, 1.54) is 12.1 Å². The molecule has 0 radical (unpaired) electrons. The minimum absolute atomic E-state index is 0.271. The summed E-state index contributed by atoms with van der Waals surface area (Å²) in [7, 11) is 0. The summed E-state index contributed by atoms with van der Waals surface area (Å²) >= 11 is 12.5. The summed E-state index contributed by atoms with van der Waals surface area (Å²) in [4.78, 5) is 0. The van der Waals surface area contributed by atoms with Gasteiger partial charge in [0.15, 0.2) is 0 Å². The lowest BCUT2D eigenvalue weighted by atomic mass is 10.0. The maximum Gasteiger partial charge on any atom is 0.123 e. The Morgan fingerprint density at radius 2 is 1.71 bits per heavy atom. The number of rotatable bonds is 2. The lowest BCUT2D eigenvalue weighted by Gasteiger charge is -2.12. The molecule has 1 atom stereocenters. The van der Waals surface area contributed by atoms with Gasteiger partial charge in [0, 0.05) is 5.02 Å². The van der Waals surface area contributed by atoms with Crippen molar-refractivity contribution in [3.8, 4) is 0 Å². The molecule has 3 heteroatoms. The third-order valence-electron chi connectivity index (χ3n) is 2.59. The quantitative estimate of drug-likeness (QED) is 0.664. The standard InChI is InChI=1S/C14H11Cl2F/c1-9-2-7-12(13(15)8-9)14(16)10-3-5-11(17)6-4-10/h2-8,14H,1H3. The normalized spacial score (nSPS) is 12.5. The molecule has 17 heavy (non-hydrogen) atoms. The van der Waals surface area contributed by atoms with Crippen molar-refractivity contribution < 1.29 is 4.39 Å². The average molecular weight is 269 g/mol. The van der Waals surface area contributed by atoms with Crippen LogP contribution in [0.4, 0.5) is 4.39 Å². The van der Waals surface area contributed by atoms with Gasteiger partial charge < -0.3 is 0 Å². The van der Waals surface area contributed by atoms with Gasteiger partial charge in [-0.25, -0.2) is 4.39 Å². The molecule has 0 aliphatic carbocycles. The Labute approximate surface area is 110 Å². The smallest absolute Gasteiger partial charge is 0.123 e. The maximum absolute atomic E-state index is 12.8. The SMILES string of the molecule is Cc1ccc(C(Cl)c2ccc(F)cc2)c(Cl)c1. The summed E-state index contributed by atoms with van der Waals surface area (Å²) in [5.41, 5.74) is 2.76. The van der Waals surface area contributed by atoms with Crippen molar-refractivity contribution in [2.45, 2.75) is 12.3 Å². The molecule has 0 N–H and O–H groups in total. The second-order valence-electron chi connectivity index (χ2n) is 3.94. The van der Waals surface area contributed by atoms with Crippen molar-refractivity contribution in [3.63, 3.8) is 0 Å². The van der Waals surface area contributed by atoms with E-state index in [-0.39, 0.29) is 11.2 Å². The Kier molecular flexibility index (Phi) is 3.70. The number of benzene rings is 2. The molecule has 0 bridgehead atoms. The van der Waals surface area contributed by atoms with E-state index in [1.54, 1.807) is 12.1 Å². The molecule has 0 fully saturated rings. The van der Waals surface area contributed by atoms with Crippen LogP contribution in [0.15, 0.2) is 42.5 Å². The number of alkyl halides is 1. The van der Waals surface area contributed by atoms with E-state index < -0.39 is 0 Å². The summed E-state index contributed by atoms with van der Waals surface area (Å²) < 4.78 is 12.8. The molecule has 0 saturated carbocycles. The van der Waals surface area contributed by atoms with Crippen molar-refractivity contribution in [2.24, 2.45) is 0 Å². The molecule has 0 amide bonds. The molecule has 2 rings (SSSR count). The maximum atomic E-state index is 12.8. The van der Waals surface area contributed by atoms with Gasteiger partial charge in [-0.05, 0) is 41.8 Å². The summed E-state index contributed by atoms with van der Waals surface area (Å²) in [6.07, 6.45) is 0. The zero-order valence-electron chi connectivity index (χ0n) is 9.25. The van der Waals surface area contributed by atoms with Gasteiger partial charge in [0.25, 0.3) is 0 Å². The molecular formula is C14H11Cl2F. The van der Waals surface area contributed by atoms with Gasteiger partial charge >= 0.3 is 0 Å². The first-order chi connectivity index (χ1) is 8.08. The predicted molar refractivity (Wildman–Crippen MR) is 70.3 cm³/mol. The second kappa shape index (κ2) is 5.07. The first-order valence-electron chi connectivity index (χ1n) is 5.23. The fourth-order valence-electron chi connectivity index (χ4n) is 1.65. The van der Waals surface area contributed by atoms with Crippen molar-refractivity contribution in [1.29, 1.82) is 0 Å². The molecule has 0 aliphatic rings. The first-order valence-corrected chi connectivity index (χ1v) is 6.05. The summed E-state index contributed by atoms with van der Waals surface area (Å²) in [5.74, 6) is -0.271. The highest BCUT2D eigenvalue weighted by Gasteiger charge is 2.14. The van der Waals surface area contributed by atoms with Crippen molar-refractivity contribution >= 4 is 23.2 Å². The number of halogens is 3. The van der Waals surface area contributed by atoms with Gasteiger partial charge in [0.2, 0.25) is 0 Å². The Hall–Kier alpha value is -1.05. The van der Waals surface area contributed by atoms with Crippen LogP contribution in [0.25, 0.3) is 0 Å². The molecule has 0 aromatic heterocycles. The zero-order valence-corrected chi connectivity index (χ0v) is 10.8. The average Bonchev–Trinajstić information content (AvgIpc) is 2.29. The van der Waals surface area contributed by atoms with E-state index >= 15 is 0 Å². The lowest BCUT2D eigenvalue weighted by Crippen LogP contribution is -1.95. The first kappa shape index (κ1) is 12.4. The highest BCUT2D eigenvalue weighted by molar-refractivity contribution is 6.33. The van der Waals surface area contributed by atoms with Crippen molar-refractivity contribution in [3.05, 3.63) is 70.0 Å². The van der Waals surface area contributed by atoms with Crippen LogP contribution in [0.3, 0.4) is 0 Å². The van der Waals surface area contributed by atoms with Crippen LogP contribution in [0.2, 0.25) is 5.02 Å². The Morgan fingerprint density at radius 1 is 1.06 bits per heavy atom. The van der Waals surface area contributed by atoms with E-state index in [9.17, 15) is 4.39 Å². The van der Waals surface area contributed by atoms with Gasteiger partial charge in [0.1, 0.15) is 5.82 Å². The number of hydrogen-bond acceptors (Lipinski definition) is 0. The molecule has 2 aromatic rings. The van der Waals surface area contributed by atoms with Crippen LogP contribution in [0, 0.1) is 12.7 Å². The van der Waals surface area contributed by atoms with Crippen molar-refractivity contribution in [1.82, 2.24) is 0 Å². The Bertz CT molecular complexity index is 520. The largest absolute Gasteiger partial charge is 0.207 e. The highest BCUT2D eigenvalue weighted by Crippen LogP contribution is 2.33. The lowest BCUT2D eigenvalue weighted by molar-refractivity contribution is 0.627.